The van der Waals surface area contributed by atoms with Crippen LogP contribution in [0.15, 0.2) is 30.3 Å². The normalized spacial score (nSPS) is 35.5. The molecule has 7 nitrogen and oxygen atoms in total. The van der Waals surface area contributed by atoms with E-state index in [-0.39, 0.29) is 19.6 Å². The van der Waals surface area contributed by atoms with Crippen LogP contribution in [-0.4, -0.2) is 75.6 Å². The highest BCUT2D eigenvalue weighted by Crippen LogP contribution is 2.33. The topological polar surface area (TPSA) is 120 Å². The van der Waals surface area contributed by atoms with Gasteiger partial charge in [-0.25, -0.2) is 0 Å². The van der Waals surface area contributed by atoms with Gasteiger partial charge in [-0.2, -0.15) is 0 Å². The Hall–Kier alpha value is -1.06. The van der Waals surface area contributed by atoms with E-state index in [0.717, 1.165) is 5.56 Å². The first kappa shape index (κ1) is 17.3. The van der Waals surface area contributed by atoms with Crippen LogP contribution in [0.1, 0.15) is 5.56 Å². The van der Waals surface area contributed by atoms with E-state index in [9.17, 15) is 20.4 Å². The number of aliphatic hydroxyl groups is 5. The molecular weight excluding hydrogens is 292 g/mol. The highest BCUT2D eigenvalue weighted by Gasteiger charge is 2.54. The molecule has 0 bridgehead atoms. The first-order chi connectivity index (χ1) is 10.5. The van der Waals surface area contributed by atoms with E-state index >= 15 is 0 Å². The number of rotatable bonds is 6. The summed E-state index contributed by atoms with van der Waals surface area (Å²) in [5, 5.41) is 49.3. The van der Waals surface area contributed by atoms with Gasteiger partial charge < -0.3 is 35.0 Å². The van der Waals surface area contributed by atoms with Gasteiger partial charge in [0.05, 0.1) is 19.8 Å². The van der Waals surface area contributed by atoms with Crippen molar-refractivity contribution in [1.29, 1.82) is 0 Å². The van der Waals surface area contributed by atoms with Gasteiger partial charge in [-0.3, -0.25) is 0 Å². The molecule has 1 aromatic carbocycles. The lowest BCUT2D eigenvalue weighted by atomic mass is 9.79. The van der Waals surface area contributed by atoms with Crippen molar-refractivity contribution < 1.29 is 35.0 Å². The number of ether oxygens (including phenoxy) is 2. The van der Waals surface area contributed by atoms with Crippen molar-refractivity contribution in [2.24, 2.45) is 0 Å². The molecule has 0 amide bonds. The highest BCUT2D eigenvalue weighted by molar-refractivity contribution is 5.20. The van der Waals surface area contributed by atoms with Crippen LogP contribution in [0.3, 0.4) is 0 Å². The van der Waals surface area contributed by atoms with Gasteiger partial charge in [0.15, 0.2) is 6.29 Å². The van der Waals surface area contributed by atoms with Crippen LogP contribution in [-0.2, 0) is 15.9 Å². The van der Waals surface area contributed by atoms with Crippen LogP contribution in [0.2, 0.25) is 0 Å². The van der Waals surface area contributed by atoms with E-state index in [2.05, 4.69) is 0 Å². The van der Waals surface area contributed by atoms with E-state index in [1.165, 1.54) is 0 Å². The monoisotopic (exact) mass is 314 g/mol. The average molecular weight is 314 g/mol. The largest absolute Gasteiger partial charge is 0.394 e. The zero-order valence-corrected chi connectivity index (χ0v) is 12.1. The fourth-order valence-electron chi connectivity index (χ4n) is 2.64. The van der Waals surface area contributed by atoms with Gasteiger partial charge in [-0.1, -0.05) is 30.3 Å². The molecular formula is C15H22O7. The van der Waals surface area contributed by atoms with Gasteiger partial charge >= 0.3 is 0 Å². The molecule has 1 fully saturated rings. The predicted molar refractivity (Wildman–Crippen MR) is 75.9 cm³/mol. The Balaban J connectivity index is 2.18. The van der Waals surface area contributed by atoms with E-state index in [0.29, 0.717) is 0 Å². The summed E-state index contributed by atoms with van der Waals surface area (Å²) in [6.45, 7) is -0.920. The molecule has 0 unspecified atom stereocenters. The van der Waals surface area contributed by atoms with E-state index in [1.807, 2.05) is 6.07 Å². The summed E-state index contributed by atoms with van der Waals surface area (Å²) in [6, 6.07) is 8.91. The SMILES string of the molecule is OCCO[C@H]1O[C@H](CO)[C@](O)(Cc2ccccc2)[C@H](O)[C@H]1O. The Morgan fingerprint density at radius 3 is 2.41 bits per heavy atom. The van der Waals surface area contributed by atoms with Gasteiger partial charge in [0, 0.05) is 6.42 Å². The van der Waals surface area contributed by atoms with Gasteiger partial charge in [-0.15, -0.1) is 0 Å². The molecule has 0 radical (unpaired) electrons. The minimum absolute atomic E-state index is 0.00398. The number of aliphatic hydroxyl groups excluding tert-OH is 4. The van der Waals surface area contributed by atoms with E-state index < -0.39 is 36.8 Å². The molecule has 1 saturated heterocycles. The van der Waals surface area contributed by atoms with Crippen molar-refractivity contribution >= 4 is 0 Å². The molecule has 0 spiro atoms. The van der Waals surface area contributed by atoms with Gasteiger partial charge in [0.1, 0.15) is 23.9 Å². The van der Waals surface area contributed by atoms with Crippen LogP contribution in [0, 0.1) is 0 Å². The maximum Gasteiger partial charge on any atom is 0.186 e. The molecule has 5 atom stereocenters. The Labute approximate surface area is 128 Å². The summed E-state index contributed by atoms with van der Waals surface area (Å²) in [4.78, 5) is 0. The zero-order valence-electron chi connectivity index (χ0n) is 12.1. The molecule has 2 rings (SSSR count). The van der Waals surface area contributed by atoms with Crippen molar-refractivity contribution in [3.63, 3.8) is 0 Å². The molecule has 124 valence electrons. The lowest BCUT2D eigenvalue weighted by Crippen LogP contribution is -2.68. The Morgan fingerprint density at radius 2 is 1.82 bits per heavy atom. The molecule has 0 aromatic heterocycles. The van der Waals surface area contributed by atoms with Crippen LogP contribution >= 0.6 is 0 Å². The molecule has 22 heavy (non-hydrogen) atoms. The second-order valence-corrected chi connectivity index (χ2v) is 5.36. The molecule has 1 heterocycles. The quantitative estimate of drug-likeness (QED) is 0.429. The molecule has 1 aliphatic rings. The maximum atomic E-state index is 10.8. The van der Waals surface area contributed by atoms with Crippen LogP contribution in [0.5, 0.6) is 0 Å². The van der Waals surface area contributed by atoms with Gasteiger partial charge in [0.25, 0.3) is 0 Å². The molecule has 5 N–H and O–H groups in total. The number of hydrogen-bond donors (Lipinski definition) is 5. The van der Waals surface area contributed by atoms with Crippen molar-refractivity contribution in [3.8, 4) is 0 Å². The Morgan fingerprint density at radius 1 is 1.14 bits per heavy atom. The van der Waals surface area contributed by atoms with E-state index in [1.54, 1.807) is 24.3 Å². The third-order valence-electron chi connectivity index (χ3n) is 3.84. The Kier molecular flexibility index (Phi) is 5.87. The average Bonchev–Trinajstić information content (AvgIpc) is 2.53. The summed E-state index contributed by atoms with van der Waals surface area (Å²) in [5.74, 6) is 0. The van der Waals surface area contributed by atoms with Crippen molar-refractivity contribution in [2.75, 3.05) is 19.8 Å². The van der Waals surface area contributed by atoms with Gasteiger partial charge in [0.2, 0.25) is 0 Å². The summed E-state index contributed by atoms with van der Waals surface area (Å²) < 4.78 is 10.5. The summed E-state index contributed by atoms with van der Waals surface area (Å²) in [6.07, 6.45) is -5.42. The minimum atomic E-state index is -1.85. The third-order valence-corrected chi connectivity index (χ3v) is 3.84. The second-order valence-electron chi connectivity index (χ2n) is 5.36. The molecule has 1 aromatic rings. The van der Waals surface area contributed by atoms with Crippen molar-refractivity contribution in [3.05, 3.63) is 35.9 Å². The van der Waals surface area contributed by atoms with Crippen molar-refractivity contribution in [2.45, 2.75) is 36.6 Å². The zero-order chi connectivity index (χ0) is 16.2. The van der Waals surface area contributed by atoms with Crippen LogP contribution < -0.4 is 0 Å². The van der Waals surface area contributed by atoms with Crippen LogP contribution in [0.25, 0.3) is 0 Å². The molecule has 7 heteroatoms. The second kappa shape index (κ2) is 7.47. The molecule has 1 aliphatic heterocycles. The van der Waals surface area contributed by atoms with Crippen LogP contribution in [0.4, 0.5) is 0 Å². The minimum Gasteiger partial charge on any atom is -0.394 e. The lowest BCUT2D eigenvalue weighted by molar-refractivity contribution is -0.332. The first-order valence-electron chi connectivity index (χ1n) is 7.14. The number of benzene rings is 1. The van der Waals surface area contributed by atoms with Gasteiger partial charge in [-0.05, 0) is 5.56 Å². The summed E-state index contributed by atoms with van der Waals surface area (Å²) in [5.41, 5.74) is -1.12. The lowest BCUT2D eigenvalue weighted by Gasteiger charge is -2.47. The Bertz CT molecular complexity index is 450. The third kappa shape index (κ3) is 3.47. The fraction of sp³-hybridized carbons (Fsp3) is 0.600. The van der Waals surface area contributed by atoms with E-state index in [4.69, 9.17) is 14.6 Å². The highest BCUT2D eigenvalue weighted by atomic mass is 16.7. The summed E-state index contributed by atoms with van der Waals surface area (Å²) >= 11 is 0. The smallest absolute Gasteiger partial charge is 0.186 e. The first-order valence-corrected chi connectivity index (χ1v) is 7.14. The standard InChI is InChI=1S/C15H22O7/c16-6-7-21-14-12(18)13(19)15(20,11(9-17)22-14)8-10-4-2-1-3-5-10/h1-5,11-14,16-20H,6-9H2/t11-,12-,13-,14+,15-/m1/s1. The molecule has 0 aliphatic carbocycles. The maximum absolute atomic E-state index is 10.8. The molecule has 0 saturated carbocycles. The number of hydrogen-bond acceptors (Lipinski definition) is 7. The fourth-order valence-corrected chi connectivity index (χ4v) is 2.64. The predicted octanol–water partition coefficient (Wildman–Crippen LogP) is -1.59. The summed E-state index contributed by atoms with van der Waals surface area (Å²) in [7, 11) is 0. The van der Waals surface area contributed by atoms with Crippen molar-refractivity contribution in [1.82, 2.24) is 0 Å².